The molecule has 0 N–H and O–H groups in total. The first-order chi connectivity index (χ1) is 9.03. The SMILES string of the molecule is CCN(CC)C(C)(CC)C(=O)c1cccc(OC)c1. The Bertz CT molecular complexity index is 427. The average Bonchev–Trinajstić information content (AvgIpc) is 2.47. The zero-order valence-corrected chi connectivity index (χ0v) is 12.7. The lowest BCUT2D eigenvalue weighted by Gasteiger charge is -2.38. The van der Waals surface area contributed by atoms with Crippen molar-refractivity contribution in [3.05, 3.63) is 29.8 Å². The summed E-state index contributed by atoms with van der Waals surface area (Å²) in [7, 11) is 1.62. The van der Waals surface area contributed by atoms with Crippen LogP contribution < -0.4 is 4.74 Å². The van der Waals surface area contributed by atoms with E-state index in [4.69, 9.17) is 4.74 Å². The quantitative estimate of drug-likeness (QED) is 0.706. The second-order valence-electron chi connectivity index (χ2n) is 4.86. The molecule has 0 heterocycles. The first-order valence-corrected chi connectivity index (χ1v) is 6.97. The Morgan fingerprint density at radius 3 is 2.37 bits per heavy atom. The number of carbonyl (C=O) groups is 1. The monoisotopic (exact) mass is 263 g/mol. The molecule has 0 aliphatic carbocycles. The Kier molecular flexibility index (Phi) is 5.55. The number of hydrogen-bond donors (Lipinski definition) is 0. The number of hydrogen-bond acceptors (Lipinski definition) is 3. The molecule has 1 aromatic rings. The van der Waals surface area contributed by atoms with Crippen molar-refractivity contribution in [2.45, 2.75) is 39.7 Å². The number of nitrogens with zero attached hydrogens (tertiary/aromatic N) is 1. The number of likely N-dealkylation sites (N-methyl/N-ethyl adjacent to an activating group) is 1. The number of carbonyl (C=O) groups excluding carboxylic acids is 1. The van der Waals surface area contributed by atoms with Gasteiger partial charge in [0.15, 0.2) is 5.78 Å². The van der Waals surface area contributed by atoms with Crippen molar-refractivity contribution in [1.82, 2.24) is 4.90 Å². The van der Waals surface area contributed by atoms with Gasteiger partial charge in [0, 0.05) is 5.56 Å². The zero-order chi connectivity index (χ0) is 14.5. The van der Waals surface area contributed by atoms with Gasteiger partial charge in [0.25, 0.3) is 0 Å². The molecule has 0 bridgehead atoms. The van der Waals surface area contributed by atoms with Gasteiger partial charge >= 0.3 is 0 Å². The summed E-state index contributed by atoms with van der Waals surface area (Å²) in [5.74, 6) is 0.890. The Hall–Kier alpha value is -1.35. The minimum atomic E-state index is -0.449. The lowest BCUT2D eigenvalue weighted by molar-refractivity contribution is 0.0607. The molecule has 106 valence electrons. The van der Waals surface area contributed by atoms with Gasteiger partial charge < -0.3 is 4.74 Å². The summed E-state index contributed by atoms with van der Waals surface area (Å²) in [6, 6.07) is 7.41. The van der Waals surface area contributed by atoms with Gasteiger partial charge in [-0.3, -0.25) is 9.69 Å². The van der Waals surface area contributed by atoms with Crippen molar-refractivity contribution >= 4 is 5.78 Å². The van der Waals surface area contributed by atoms with Crippen LogP contribution in [-0.4, -0.2) is 36.4 Å². The largest absolute Gasteiger partial charge is 0.497 e. The van der Waals surface area contributed by atoms with Crippen molar-refractivity contribution in [1.29, 1.82) is 0 Å². The molecule has 1 atom stereocenters. The average molecular weight is 263 g/mol. The summed E-state index contributed by atoms with van der Waals surface area (Å²) in [5.41, 5.74) is 0.270. The van der Waals surface area contributed by atoms with E-state index in [1.54, 1.807) is 7.11 Å². The highest BCUT2D eigenvalue weighted by molar-refractivity contribution is 6.03. The van der Waals surface area contributed by atoms with Crippen molar-refractivity contribution in [3.8, 4) is 5.75 Å². The van der Waals surface area contributed by atoms with E-state index in [2.05, 4.69) is 25.7 Å². The van der Waals surface area contributed by atoms with Gasteiger partial charge in [-0.15, -0.1) is 0 Å². The van der Waals surface area contributed by atoms with Crippen LogP contribution in [0.5, 0.6) is 5.75 Å². The molecule has 0 amide bonds. The van der Waals surface area contributed by atoms with E-state index in [0.29, 0.717) is 0 Å². The highest BCUT2D eigenvalue weighted by Gasteiger charge is 2.36. The van der Waals surface area contributed by atoms with Gasteiger partial charge in [0.05, 0.1) is 12.6 Å². The molecular weight excluding hydrogens is 238 g/mol. The summed E-state index contributed by atoms with van der Waals surface area (Å²) in [6.07, 6.45) is 0.796. The lowest BCUT2D eigenvalue weighted by Crippen LogP contribution is -2.51. The van der Waals surface area contributed by atoms with Gasteiger partial charge in [-0.2, -0.15) is 0 Å². The maximum absolute atomic E-state index is 12.8. The van der Waals surface area contributed by atoms with Crippen LogP contribution in [0.4, 0.5) is 0 Å². The fourth-order valence-corrected chi connectivity index (χ4v) is 2.52. The Morgan fingerprint density at radius 2 is 1.89 bits per heavy atom. The van der Waals surface area contributed by atoms with E-state index in [9.17, 15) is 4.79 Å². The van der Waals surface area contributed by atoms with Crippen LogP contribution >= 0.6 is 0 Å². The topological polar surface area (TPSA) is 29.5 Å². The fraction of sp³-hybridized carbons (Fsp3) is 0.562. The first-order valence-electron chi connectivity index (χ1n) is 6.97. The summed E-state index contributed by atoms with van der Waals surface area (Å²) in [5, 5.41) is 0. The fourth-order valence-electron chi connectivity index (χ4n) is 2.52. The van der Waals surface area contributed by atoms with Crippen molar-refractivity contribution < 1.29 is 9.53 Å². The number of Topliss-reactive ketones (excluding diaryl/α,β-unsaturated/α-hetero) is 1. The molecule has 0 spiro atoms. The van der Waals surface area contributed by atoms with E-state index in [1.807, 2.05) is 31.2 Å². The second-order valence-corrected chi connectivity index (χ2v) is 4.86. The van der Waals surface area contributed by atoms with E-state index in [0.717, 1.165) is 30.8 Å². The molecule has 0 aliphatic rings. The van der Waals surface area contributed by atoms with Crippen LogP contribution in [0, 0.1) is 0 Å². The van der Waals surface area contributed by atoms with Gasteiger partial charge in [-0.25, -0.2) is 0 Å². The normalized spacial score (nSPS) is 14.2. The van der Waals surface area contributed by atoms with E-state index in [-0.39, 0.29) is 5.78 Å². The van der Waals surface area contributed by atoms with Crippen LogP contribution in [0.2, 0.25) is 0 Å². The molecule has 0 saturated heterocycles. The number of benzene rings is 1. The molecule has 0 aliphatic heterocycles. The molecule has 0 radical (unpaired) electrons. The third-order valence-corrected chi connectivity index (χ3v) is 3.97. The van der Waals surface area contributed by atoms with E-state index < -0.39 is 5.54 Å². The maximum Gasteiger partial charge on any atom is 0.182 e. The molecular formula is C16H25NO2. The van der Waals surface area contributed by atoms with Crippen LogP contribution in [-0.2, 0) is 0 Å². The number of ether oxygens (including phenoxy) is 1. The highest BCUT2D eigenvalue weighted by atomic mass is 16.5. The van der Waals surface area contributed by atoms with Crippen LogP contribution in [0.25, 0.3) is 0 Å². The number of rotatable bonds is 7. The molecule has 0 fully saturated rings. The number of methoxy groups -OCH3 is 1. The van der Waals surface area contributed by atoms with Gasteiger partial charge in [0.2, 0.25) is 0 Å². The molecule has 3 nitrogen and oxygen atoms in total. The molecule has 1 rings (SSSR count). The third kappa shape index (κ3) is 3.16. The summed E-state index contributed by atoms with van der Waals surface area (Å²) in [4.78, 5) is 15.0. The Morgan fingerprint density at radius 1 is 1.26 bits per heavy atom. The summed E-state index contributed by atoms with van der Waals surface area (Å²) < 4.78 is 5.20. The van der Waals surface area contributed by atoms with Crippen molar-refractivity contribution in [2.75, 3.05) is 20.2 Å². The molecule has 0 saturated carbocycles. The molecule has 3 heteroatoms. The predicted molar refractivity (Wildman–Crippen MR) is 78.9 cm³/mol. The Labute approximate surface area is 116 Å². The Balaban J connectivity index is 3.13. The zero-order valence-electron chi connectivity index (χ0n) is 12.7. The molecule has 1 unspecified atom stereocenters. The van der Waals surface area contributed by atoms with Gasteiger partial charge in [-0.05, 0) is 38.6 Å². The van der Waals surface area contributed by atoms with Crippen LogP contribution in [0.3, 0.4) is 0 Å². The smallest absolute Gasteiger partial charge is 0.182 e. The number of ketones is 1. The minimum absolute atomic E-state index is 0.164. The van der Waals surface area contributed by atoms with Crippen molar-refractivity contribution in [3.63, 3.8) is 0 Å². The summed E-state index contributed by atoms with van der Waals surface area (Å²) >= 11 is 0. The van der Waals surface area contributed by atoms with Gasteiger partial charge in [-0.1, -0.05) is 32.9 Å². The molecule has 0 aromatic heterocycles. The predicted octanol–water partition coefficient (Wildman–Crippen LogP) is 3.39. The first kappa shape index (κ1) is 15.7. The minimum Gasteiger partial charge on any atom is -0.497 e. The summed E-state index contributed by atoms with van der Waals surface area (Å²) in [6.45, 7) is 10.0. The lowest BCUT2D eigenvalue weighted by atomic mass is 9.86. The standard InChI is InChI=1S/C16H25NO2/c1-6-16(4,17(7-2)8-3)15(18)13-10-9-11-14(12-13)19-5/h9-12H,6-8H2,1-5H3. The van der Waals surface area contributed by atoms with Gasteiger partial charge in [0.1, 0.15) is 5.75 Å². The highest BCUT2D eigenvalue weighted by Crippen LogP contribution is 2.26. The third-order valence-electron chi connectivity index (χ3n) is 3.97. The van der Waals surface area contributed by atoms with Crippen molar-refractivity contribution in [2.24, 2.45) is 0 Å². The maximum atomic E-state index is 12.8. The van der Waals surface area contributed by atoms with Crippen LogP contribution in [0.1, 0.15) is 44.5 Å². The van der Waals surface area contributed by atoms with E-state index >= 15 is 0 Å². The van der Waals surface area contributed by atoms with E-state index in [1.165, 1.54) is 0 Å². The van der Waals surface area contributed by atoms with Crippen LogP contribution in [0.15, 0.2) is 24.3 Å². The molecule has 19 heavy (non-hydrogen) atoms. The second kappa shape index (κ2) is 6.71. The molecule has 1 aromatic carbocycles.